The molecule has 9 heteroatoms. The van der Waals surface area contributed by atoms with E-state index in [0.29, 0.717) is 32.7 Å². The van der Waals surface area contributed by atoms with Crippen LogP contribution in [-0.2, 0) is 18.1 Å². The molecule has 0 bridgehead atoms. The van der Waals surface area contributed by atoms with Crippen molar-refractivity contribution in [2.24, 2.45) is 5.16 Å². The van der Waals surface area contributed by atoms with Gasteiger partial charge in [-0.05, 0) is 39.7 Å². The van der Waals surface area contributed by atoms with E-state index in [-0.39, 0.29) is 18.9 Å². The number of nitriles is 1. The van der Waals surface area contributed by atoms with Crippen molar-refractivity contribution in [3.63, 3.8) is 0 Å². The van der Waals surface area contributed by atoms with E-state index < -0.39 is 4.92 Å². The number of halogens is 1. The number of nitro benzene ring substituents is 1. The summed E-state index contributed by atoms with van der Waals surface area (Å²) >= 11 is 3.47. The van der Waals surface area contributed by atoms with Crippen LogP contribution < -0.4 is 9.47 Å². The van der Waals surface area contributed by atoms with Crippen molar-refractivity contribution >= 4 is 27.8 Å². The van der Waals surface area contributed by atoms with E-state index in [1.807, 2.05) is 6.07 Å². The fraction of sp³-hybridized carbons (Fsp3) is 0.130. The monoisotopic (exact) mass is 495 g/mol. The lowest BCUT2D eigenvalue weighted by Gasteiger charge is -2.12. The third-order valence-corrected chi connectivity index (χ3v) is 5.11. The minimum atomic E-state index is -0.449. The van der Waals surface area contributed by atoms with Crippen LogP contribution in [0.3, 0.4) is 0 Å². The Hall–Kier alpha value is -3.90. The van der Waals surface area contributed by atoms with E-state index in [1.54, 1.807) is 42.5 Å². The van der Waals surface area contributed by atoms with Gasteiger partial charge in [-0.15, -0.1) is 0 Å². The Morgan fingerprint density at radius 2 is 1.94 bits per heavy atom. The second kappa shape index (κ2) is 10.9. The quantitative estimate of drug-likeness (QED) is 0.224. The third-order valence-electron chi connectivity index (χ3n) is 4.42. The molecule has 0 aliphatic rings. The summed E-state index contributed by atoms with van der Waals surface area (Å²) < 4.78 is 11.9. The Balaban J connectivity index is 1.68. The molecule has 162 valence electrons. The fourth-order valence-corrected chi connectivity index (χ4v) is 3.22. The van der Waals surface area contributed by atoms with Gasteiger partial charge in [-0.2, -0.15) is 5.26 Å². The number of nitrogens with zero attached hydrogens (tertiary/aromatic N) is 3. The summed E-state index contributed by atoms with van der Waals surface area (Å²) in [6.07, 6.45) is 1.52. The first-order chi connectivity index (χ1) is 15.5. The van der Waals surface area contributed by atoms with E-state index >= 15 is 0 Å². The maximum Gasteiger partial charge on any atom is 0.269 e. The van der Waals surface area contributed by atoms with Gasteiger partial charge in [-0.1, -0.05) is 35.5 Å². The molecule has 3 aromatic rings. The first-order valence-corrected chi connectivity index (χ1v) is 10.2. The van der Waals surface area contributed by atoms with Crippen LogP contribution in [0, 0.1) is 21.4 Å². The number of methoxy groups -OCH3 is 1. The third kappa shape index (κ3) is 5.83. The minimum absolute atomic E-state index is 0.00296. The Labute approximate surface area is 192 Å². The lowest BCUT2D eigenvalue weighted by atomic mass is 10.1. The standard InChI is InChI=1S/C23H18BrN3O5/c1-30-22-10-19(13-26-32-15-18-7-3-2-6-17(18)12-25)21(24)11-23(22)31-14-16-5-4-8-20(9-16)27(28)29/h2-11,13H,14-15H2,1H3/b26-13-. The molecule has 0 fully saturated rings. The van der Waals surface area contributed by atoms with E-state index in [4.69, 9.17) is 19.6 Å². The number of hydrogen-bond donors (Lipinski definition) is 0. The summed E-state index contributed by atoms with van der Waals surface area (Å²) in [5, 5.41) is 24.0. The lowest BCUT2D eigenvalue weighted by molar-refractivity contribution is -0.384. The van der Waals surface area contributed by atoms with Crippen molar-refractivity contribution < 1.29 is 19.2 Å². The number of benzene rings is 3. The average Bonchev–Trinajstić information content (AvgIpc) is 2.81. The molecule has 0 N–H and O–H groups in total. The molecule has 0 heterocycles. The Bertz CT molecular complexity index is 1190. The van der Waals surface area contributed by atoms with Crippen LogP contribution in [0.2, 0.25) is 0 Å². The number of hydrogen-bond acceptors (Lipinski definition) is 7. The number of non-ortho nitro benzene ring substituents is 1. The maximum atomic E-state index is 10.9. The number of nitro groups is 1. The molecular weight excluding hydrogens is 478 g/mol. The highest BCUT2D eigenvalue weighted by atomic mass is 79.9. The molecule has 0 unspecified atom stereocenters. The van der Waals surface area contributed by atoms with Gasteiger partial charge < -0.3 is 14.3 Å². The number of rotatable bonds is 9. The summed E-state index contributed by atoms with van der Waals surface area (Å²) in [7, 11) is 1.51. The molecule has 8 nitrogen and oxygen atoms in total. The Kier molecular flexibility index (Phi) is 7.78. The van der Waals surface area contributed by atoms with Gasteiger partial charge in [0.15, 0.2) is 11.5 Å². The topological polar surface area (TPSA) is 107 Å². The molecule has 0 radical (unpaired) electrons. The SMILES string of the molecule is COc1cc(/C=N\OCc2ccccc2C#N)c(Br)cc1OCc1cccc([N+](=O)[O-])c1. The van der Waals surface area contributed by atoms with Crippen LogP contribution in [0.4, 0.5) is 5.69 Å². The van der Waals surface area contributed by atoms with E-state index in [0.717, 1.165) is 5.56 Å². The average molecular weight is 496 g/mol. The Morgan fingerprint density at radius 3 is 2.69 bits per heavy atom. The predicted octanol–water partition coefficient (Wildman–Crippen LogP) is 5.37. The molecular formula is C23H18BrN3O5. The molecule has 0 aliphatic carbocycles. The van der Waals surface area contributed by atoms with Crippen molar-refractivity contribution in [1.82, 2.24) is 0 Å². The molecule has 3 aromatic carbocycles. The van der Waals surface area contributed by atoms with Crippen LogP contribution in [0.15, 0.2) is 70.3 Å². The fourth-order valence-electron chi connectivity index (χ4n) is 2.80. The number of oxime groups is 1. The van der Waals surface area contributed by atoms with Crippen LogP contribution in [0.1, 0.15) is 22.3 Å². The van der Waals surface area contributed by atoms with Gasteiger partial charge in [0.1, 0.15) is 13.2 Å². The van der Waals surface area contributed by atoms with Gasteiger partial charge in [-0.25, -0.2) is 0 Å². The zero-order chi connectivity index (χ0) is 22.9. The molecule has 0 amide bonds. The highest BCUT2D eigenvalue weighted by molar-refractivity contribution is 9.10. The van der Waals surface area contributed by atoms with Gasteiger partial charge in [0.25, 0.3) is 5.69 Å². The van der Waals surface area contributed by atoms with E-state index in [1.165, 1.54) is 25.5 Å². The second-order valence-corrected chi connectivity index (χ2v) is 7.37. The van der Waals surface area contributed by atoms with E-state index in [2.05, 4.69) is 27.2 Å². The lowest BCUT2D eigenvalue weighted by Crippen LogP contribution is -2.00. The first kappa shape index (κ1) is 22.8. The van der Waals surface area contributed by atoms with Crippen molar-refractivity contribution in [3.05, 3.63) is 97.5 Å². The molecule has 3 rings (SSSR count). The molecule has 0 saturated carbocycles. The Morgan fingerprint density at radius 1 is 1.12 bits per heavy atom. The summed E-state index contributed by atoms with van der Waals surface area (Å²) in [6.45, 7) is 0.304. The zero-order valence-corrected chi connectivity index (χ0v) is 18.6. The molecule has 0 saturated heterocycles. The number of ether oxygens (including phenoxy) is 2. The smallest absolute Gasteiger partial charge is 0.269 e. The summed E-state index contributed by atoms with van der Waals surface area (Å²) in [5.41, 5.74) is 2.64. The largest absolute Gasteiger partial charge is 0.493 e. The van der Waals surface area contributed by atoms with E-state index in [9.17, 15) is 10.1 Å². The van der Waals surface area contributed by atoms with Crippen LogP contribution in [-0.4, -0.2) is 18.2 Å². The van der Waals surface area contributed by atoms with Gasteiger partial charge >= 0.3 is 0 Å². The molecule has 0 spiro atoms. The minimum Gasteiger partial charge on any atom is -0.493 e. The first-order valence-electron chi connectivity index (χ1n) is 9.39. The second-order valence-electron chi connectivity index (χ2n) is 6.52. The van der Waals surface area contributed by atoms with Gasteiger partial charge in [0, 0.05) is 27.7 Å². The van der Waals surface area contributed by atoms with Crippen LogP contribution >= 0.6 is 15.9 Å². The maximum absolute atomic E-state index is 10.9. The van der Waals surface area contributed by atoms with Crippen LogP contribution in [0.25, 0.3) is 0 Å². The van der Waals surface area contributed by atoms with Crippen LogP contribution in [0.5, 0.6) is 11.5 Å². The highest BCUT2D eigenvalue weighted by Gasteiger charge is 2.11. The van der Waals surface area contributed by atoms with Gasteiger partial charge in [0.2, 0.25) is 0 Å². The molecule has 32 heavy (non-hydrogen) atoms. The zero-order valence-electron chi connectivity index (χ0n) is 17.0. The van der Waals surface area contributed by atoms with Crippen molar-refractivity contribution in [2.75, 3.05) is 7.11 Å². The molecule has 0 aliphatic heterocycles. The van der Waals surface area contributed by atoms with Gasteiger partial charge in [0.05, 0.1) is 29.9 Å². The summed E-state index contributed by atoms with van der Waals surface area (Å²) in [6, 6.07) is 19.0. The summed E-state index contributed by atoms with van der Waals surface area (Å²) in [5.74, 6) is 0.932. The molecule has 0 aromatic heterocycles. The van der Waals surface area contributed by atoms with Crippen molar-refractivity contribution in [1.29, 1.82) is 5.26 Å². The molecule has 0 atom stereocenters. The highest BCUT2D eigenvalue weighted by Crippen LogP contribution is 2.33. The normalized spacial score (nSPS) is 10.5. The van der Waals surface area contributed by atoms with Crippen molar-refractivity contribution in [2.45, 2.75) is 13.2 Å². The van der Waals surface area contributed by atoms with Gasteiger partial charge in [-0.3, -0.25) is 10.1 Å². The predicted molar refractivity (Wildman–Crippen MR) is 122 cm³/mol. The summed E-state index contributed by atoms with van der Waals surface area (Å²) in [4.78, 5) is 15.8. The van der Waals surface area contributed by atoms with Crippen molar-refractivity contribution in [3.8, 4) is 17.6 Å².